The van der Waals surface area contributed by atoms with Crippen LogP contribution in [0.4, 0.5) is 0 Å². The molecule has 1 aromatic carbocycles. The van der Waals surface area contributed by atoms with E-state index < -0.39 is 17.3 Å². The summed E-state index contributed by atoms with van der Waals surface area (Å²) in [5.74, 6) is 1.92. The Morgan fingerprint density at radius 2 is 1.58 bits per heavy atom. The molecule has 0 unspecified atom stereocenters. The first-order valence-electron chi connectivity index (χ1n) is 23.8. The summed E-state index contributed by atoms with van der Waals surface area (Å²) in [7, 11) is 0. The lowest BCUT2D eigenvalue weighted by molar-refractivity contribution is -0.251. The van der Waals surface area contributed by atoms with Gasteiger partial charge < -0.3 is 19.7 Å². The molecule has 6 saturated carbocycles. The number of ether oxygens (including phenoxy) is 1. The lowest BCUT2D eigenvalue weighted by Crippen LogP contribution is -2.67. The van der Waals surface area contributed by atoms with E-state index in [-0.39, 0.29) is 51.0 Å². The number of rotatable bonds is 7. The van der Waals surface area contributed by atoms with Crippen LogP contribution in [0.2, 0.25) is 0 Å². The van der Waals surface area contributed by atoms with Crippen molar-refractivity contribution in [2.45, 2.75) is 151 Å². The van der Waals surface area contributed by atoms with Crippen LogP contribution in [-0.2, 0) is 19.1 Å². The highest BCUT2D eigenvalue weighted by molar-refractivity contribution is 5.84. The molecule has 0 spiro atoms. The number of H-pyrrole nitrogens is 1. The van der Waals surface area contributed by atoms with Gasteiger partial charge in [0.2, 0.25) is 5.91 Å². The number of hydrogen-bond donors (Lipinski definition) is 2. The Bertz CT molecular complexity index is 2040. The molecule has 8 nitrogen and oxygen atoms in total. The molecule has 2 aromatic rings. The van der Waals surface area contributed by atoms with Gasteiger partial charge in [-0.1, -0.05) is 91.0 Å². The van der Waals surface area contributed by atoms with Crippen LogP contribution in [0.3, 0.4) is 0 Å². The summed E-state index contributed by atoms with van der Waals surface area (Å²) >= 11 is 0. The summed E-state index contributed by atoms with van der Waals surface area (Å²) in [6.07, 6.45) is 14.9. The summed E-state index contributed by atoms with van der Waals surface area (Å²) in [6, 6.07) is 10.4. The number of esters is 1. The first-order chi connectivity index (χ1) is 28.3. The number of benzene rings is 1. The van der Waals surface area contributed by atoms with E-state index in [0.717, 1.165) is 94.4 Å². The number of piperidine rings is 1. The Morgan fingerprint density at radius 3 is 2.28 bits per heavy atom. The molecule has 8 heteroatoms. The Morgan fingerprint density at radius 1 is 0.833 bits per heavy atom. The lowest BCUT2D eigenvalue weighted by Gasteiger charge is -2.73. The number of aromatic nitrogens is 2. The fourth-order valence-electron chi connectivity index (χ4n) is 16.7. The van der Waals surface area contributed by atoms with E-state index in [9.17, 15) is 14.7 Å². The second-order valence-electron chi connectivity index (χ2n) is 23.3. The van der Waals surface area contributed by atoms with Gasteiger partial charge >= 0.3 is 11.9 Å². The fraction of sp³-hybridized carbons (Fsp3) is 0.731. The summed E-state index contributed by atoms with van der Waals surface area (Å²) in [5, 5.41) is 9.71. The first kappa shape index (κ1) is 41.9. The number of imidazole rings is 1. The molecule has 1 amide bonds. The van der Waals surface area contributed by atoms with Crippen LogP contribution in [0.25, 0.3) is 11.3 Å². The minimum absolute atomic E-state index is 0.118. The molecule has 2 heterocycles. The van der Waals surface area contributed by atoms with E-state index in [1.54, 1.807) is 0 Å². The van der Waals surface area contributed by atoms with Crippen LogP contribution >= 0.6 is 0 Å². The molecule has 6 aliphatic carbocycles. The summed E-state index contributed by atoms with van der Waals surface area (Å²) in [6.45, 7) is 24.8. The molecule has 326 valence electrons. The van der Waals surface area contributed by atoms with Gasteiger partial charge in [0, 0.05) is 24.4 Å². The normalized spacial score (nSPS) is 42.7. The maximum Gasteiger partial charge on any atom is 0.309 e. The number of carbonyl (C=O) groups is 3. The van der Waals surface area contributed by atoms with Gasteiger partial charge in [-0.15, -0.1) is 0 Å². The van der Waals surface area contributed by atoms with E-state index >= 15 is 4.79 Å². The smallest absolute Gasteiger partial charge is 0.309 e. The van der Waals surface area contributed by atoms with Gasteiger partial charge in [0.05, 0.1) is 29.1 Å². The zero-order valence-corrected chi connectivity index (χ0v) is 37.9. The standard InChI is InChI=1S/C52H73N3O5/c1-31(2)34-19-24-52(46(59)55-27-13-16-33(30-55)43-53-29-38(54-43)32-14-11-10-12-15-32)26-25-50(8)35(42(34)52)17-18-40-49(7)22-21-41(48(5,6)39(49)20-23-51(40,50)9)60-45(58)37-28-36(44(56)57)47(37,3)4/h10-12,14-15,29,33-37,39-42H,1,13,16-28,30H2,2-9H3,(H,53,54)(H,56,57)/t33-,34-,35+,36-,37+,39-,40+,41-,42+,49-,50+,51+,52-/m0/s1. The average molecular weight is 820 g/mol. The number of carboxylic acids is 1. The predicted octanol–water partition coefficient (Wildman–Crippen LogP) is 11.1. The van der Waals surface area contributed by atoms with Crippen molar-refractivity contribution in [2.24, 2.45) is 73.9 Å². The first-order valence-corrected chi connectivity index (χ1v) is 23.8. The number of hydrogen-bond acceptors (Lipinski definition) is 5. The van der Waals surface area contributed by atoms with E-state index in [1.807, 2.05) is 26.1 Å². The third kappa shape index (κ3) is 5.93. The van der Waals surface area contributed by atoms with Gasteiger partial charge in [0.25, 0.3) is 0 Å². The molecular formula is C52H73N3O5. The minimum atomic E-state index is -0.816. The SMILES string of the molecule is C=C(C)[C@@H]1CC[C@]2(C(=O)N3CCC[C@H](c4ncc(-c5ccccc5)[nH]4)C3)CC[C@]3(C)[C@H](CC[C@@H]4[C@@]5(C)CC[C@H](OC(=O)[C@H]6C[C@@H](C(=O)O)C6(C)C)C(C)(C)[C@@H]5CC[C@]43C)[C@@H]12. The highest BCUT2D eigenvalue weighted by Gasteiger charge is 2.72. The van der Waals surface area contributed by atoms with Crippen molar-refractivity contribution in [3.05, 3.63) is 54.5 Å². The molecule has 9 rings (SSSR count). The molecule has 60 heavy (non-hydrogen) atoms. The molecular weight excluding hydrogens is 747 g/mol. The molecule has 2 N–H and O–H groups in total. The lowest BCUT2D eigenvalue weighted by atomic mass is 9.32. The zero-order valence-electron chi connectivity index (χ0n) is 37.9. The van der Waals surface area contributed by atoms with Crippen LogP contribution < -0.4 is 0 Å². The Hall–Kier alpha value is -3.42. The maximum atomic E-state index is 15.4. The minimum Gasteiger partial charge on any atom is -0.481 e. The van der Waals surface area contributed by atoms with Crippen LogP contribution in [-0.4, -0.2) is 57.0 Å². The Labute approximate surface area is 359 Å². The van der Waals surface area contributed by atoms with Gasteiger partial charge in [-0.05, 0) is 147 Å². The highest BCUT2D eigenvalue weighted by atomic mass is 16.5. The highest BCUT2D eigenvalue weighted by Crippen LogP contribution is 2.78. The van der Waals surface area contributed by atoms with E-state index in [4.69, 9.17) is 9.72 Å². The number of aliphatic carboxylic acids is 1. The number of fused-ring (bicyclic) bond motifs is 7. The van der Waals surface area contributed by atoms with E-state index in [0.29, 0.717) is 41.9 Å². The summed E-state index contributed by atoms with van der Waals surface area (Å²) in [5.41, 5.74) is 2.72. The van der Waals surface area contributed by atoms with Crippen molar-refractivity contribution in [1.29, 1.82) is 0 Å². The summed E-state index contributed by atoms with van der Waals surface area (Å²) < 4.78 is 6.47. The number of aromatic amines is 1. The van der Waals surface area contributed by atoms with Crippen LogP contribution in [0.15, 0.2) is 48.7 Å². The molecule has 1 saturated heterocycles. The summed E-state index contributed by atoms with van der Waals surface area (Å²) in [4.78, 5) is 51.7. The molecule has 1 aromatic heterocycles. The molecule has 0 radical (unpaired) electrons. The van der Waals surface area contributed by atoms with Crippen molar-refractivity contribution in [1.82, 2.24) is 14.9 Å². The quantitative estimate of drug-likeness (QED) is 0.212. The number of carboxylic acid groups (broad SMARTS) is 1. The number of nitrogens with one attached hydrogen (secondary N) is 1. The molecule has 7 fully saturated rings. The van der Waals surface area contributed by atoms with E-state index in [2.05, 4.69) is 82.3 Å². The number of likely N-dealkylation sites (tertiary alicyclic amines) is 1. The van der Waals surface area contributed by atoms with E-state index in [1.165, 1.54) is 18.4 Å². The number of carbonyl (C=O) groups excluding carboxylic acids is 2. The maximum absolute atomic E-state index is 15.4. The molecule has 0 bridgehead atoms. The molecule has 1 aliphatic heterocycles. The number of amides is 1. The Balaban J connectivity index is 0.946. The van der Waals surface area contributed by atoms with Gasteiger partial charge in [0.15, 0.2) is 0 Å². The second kappa shape index (κ2) is 14.3. The van der Waals surface area contributed by atoms with Crippen LogP contribution in [0.1, 0.15) is 151 Å². The second-order valence-corrected chi connectivity index (χ2v) is 23.3. The van der Waals surface area contributed by atoms with Crippen molar-refractivity contribution in [3.63, 3.8) is 0 Å². The molecule has 7 aliphatic rings. The van der Waals surface area contributed by atoms with Crippen molar-refractivity contribution in [3.8, 4) is 11.3 Å². The zero-order chi connectivity index (χ0) is 42.8. The van der Waals surface area contributed by atoms with Crippen molar-refractivity contribution in [2.75, 3.05) is 13.1 Å². The van der Waals surface area contributed by atoms with Crippen LogP contribution in [0, 0.1) is 73.9 Å². The predicted molar refractivity (Wildman–Crippen MR) is 234 cm³/mol. The largest absolute Gasteiger partial charge is 0.481 e. The van der Waals surface area contributed by atoms with Gasteiger partial charge in [0.1, 0.15) is 11.9 Å². The van der Waals surface area contributed by atoms with Crippen molar-refractivity contribution >= 4 is 17.8 Å². The van der Waals surface area contributed by atoms with Gasteiger partial charge in [-0.2, -0.15) is 0 Å². The average Bonchev–Trinajstić information content (AvgIpc) is 3.86. The van der Waals surface area contributed by atoms with Gasteiger partial charge in [-0.3, -0.25) is 14.4 Å². The third-order valence-corrected chi connectivity index (χ3v) is 20.3. The Kier molecular flexibility index (Phi) is 9.99. The van der Waals surface area contributed by atoms with Gasteiger partial charge in [-0.25, -0.2) is 4.98 Å². The fourth-order valence-corrected chi connectivity index (χ4v) is 16.7. The van der Waals surface area contributed by atoms with Crippen LogP contribution in [0.5, 0.6) is 0 Å². The third-order valence-electron chi connectivity index (χ3n) is 20.3. The topological polar surface area (TPSA) is 113 Å². The number of nitrogens with zero attached hydrogens (tertiary/aromatic N) is 2. The molecule has 13 atom stereocenters. The number of allylic oxidation sites excluding steroid dienone is 1. The van der Waals surface area contributed by atoms with Crippen molar-refractivity contribution < 1.29 is 24.2 Å². The monoisotopic (exact) mass is 820 g/mol.